The Bertz CT molecular complexity index is 1260. The molecular weight excluding hydrogens is 539 g/mol. The molecule has 1 unspecified atom stereocenters. The number of carbonyl (C=O) groups is 2. The zero-order valence-electron chi connectivity index (χ0n) is 20.6. The summed E-state index contributed by atoms with van der Waals surface area (Å²) in [7, 11) is 0. The highest BCUT2D eigenvalue weighted by Gasteiger charge is 2.47. The number of hydrogen-bond donors (Lipinski definition) is 6. The minimum Gasteiger partial charge on any atom is -0.507 e. The Morgan fingerprint density at radius 1 is 1.08 bits per heavy atom. The smallest absolute Gasteiger partial charge is 0.198 e. The van der Waals surface area contributed by atoms with Crippen LogP contribution >= 0.6 is 24.8 Å². The molecule has 3 aliphatic rings. The summed E-state index contributed by atoms with van der Waals surface area (Å²) < 4.78 is 12.0. The molecule has 38 heavy (non-hydrogen) atoms. The van der Waals surface area contributed by atoms with E-state index in [1.807, 2.05) is 0 Å². The van der Waals surface area contributed by atoms with Gasteiger partial charge in [-0.1, -0.05) is 24.3 Å². The third kappa shape index (κ3) is 4.80. The van der Waals surface area contributed by atoms with Crippen molar-refractivity contribution < 1.29 is 39.5 Å². The number of rotatable bonds is 4. The van der Waals surface area contributed by atoms with Gasteiger partial charge in [0.15, 0.2) is 17.9 Å². The van der Waals surface area contributed by atoms with Crippen LogP contribution in [0.4, 0.5) is 0 Å². The molecule has 6 atom stereocenters. The van der Waals surface area contributed by atoms with Gasteiger partial charge < -0.3 is 41.4 Å². The van der Waals surface area contributed by atoms with E-state index in [1.165, 1.54) is 19.1 Å². The number of ketones is 2. The molecular formula is C26H32Cl2N2O8. The summed E-state index contributed by atoms with van der Waals surface area (Å²) in [6.07, 6.45) is -2.73. The minimum atomic E-state index is -1.28. The fourth-order valence-corrected chi connectivity index (χ4v) is 5.59. The summed E-state index contributed by atoms with van der Waals surface area (Å²) in [5, 5.41) is 42.8. The van der Waals surface area contributed by atoms with E-state index in [4.69, 9.17) is 20.9 Å². The third-order valence-electron chi connectivity index (χ3n) is 7.61. The van der Waals surface area contributed by atoms with Crippen molar-refractivity contribution in [2.75, 3.05) is 6.61 Å². The van der Waals surface area contributed by atoms with E-state index >= 15 is 0 Å². The molecule has 10 nitrogen and oxygen atoms in total. The van der Waals surface area contributed by atoms with Crippen molar-refractivity contribution in [2.24, 2.45) is 11.5 Å². The molecule has 1 aliphatic heterocycles. The summed E-state index contributed by atoms with van der Waals surface area (Å²) in [6, 6.07) is 5.91. The molecule has 208 valence electrons. The van der Waals surface area contributed by atoms with Gasteiger partial charge in [0.25, 0.3) is 0 Å². The van der Waals surface area contributed by atoms with Crippen molar-refractivity contribution >= 4 is 36.4 Å². The number of aliphatic hydroxyl groups is 2. The predicted molar refractivity (Wildman–Crippen MR) is 141 cm³/mol. The van der Waals surface area contributed by atoms with Gasteiger partial charge in [-0.3, -0.25) is 9.59 Å². The Morgan fingerprint density at radius 3 is 2.21 bits per heavy atom. The fraction of sp³-hybridized carbons (Fsp3) is 0.462. The molecule has 0 amide bonds. The van der Waals surface area contributed by atoms with E-state index in [-0.39, 0.29) is 83.7 Å². The number of aliphatic hydroxyl groups excluding tert-OH is 2. The Morgan fingerprint density at radius 2 is 1.66 bits per heavy atom. The molecule has 0 bridgehead atoms. The van der Waals surface area contributed by atoms with Gasteiger partial charge in [-0.25, -0.2) is 0 Å². The molecule has 2 aromatic carbocycles. The molecule has 0 spiro atoms. The lowest BCUT2D eigenvalue weighted by molar-refractivity contribution is -0.230. The fourth-order valence-electron chi connectivity index (χ4n) is 5.59. The monoisotopic (exact) mass is 570 g/mol. The van der Waals surface area contributed by atoms with Gasteiger partial charge in [-0.2, -0.15) is 0 Å². The largest absolute Gasteiger partial charge is 0.507 e. The number of hydrogen-bond acceptors (Lipinski definition) is 10. The molecule has 12 heteroatoms. The normalized spacial score (nSPS) is 28.8. The number of benzene rings is 2. The average molecular weight is 571 g/mol. The van der Waals surface area contributed by atoms with Gasteiger partial charge in [0, 0.05) is 40.3 Å². The van der Waals surface area contributed by atoms with Gasteiger partial charge in [0.2, 0.25) is 0 Å². The second kappa shape index (κ2) is 11.1. The molecule has 1 fully saturated rings. The second-order valence-electron chi connectivity index (χ2n) is 10.1. The van der Waals surface area contributed by atoms with Crippen molar-refractivity contribution in [3.05, 3.63) is 57.6 Å². The second-order valence-corrected chi connectivity index (χ2v) is 10.1. The first kappa shape index (κ1) is 30.3. The Hall–Kier alpha value is -2.28. The van der Waals surface area contributed by atoms with Crippen LogP contribution in [-0.4, -0.2) is 68.7 Å². The van der Waals surface area contributed by atoms with Gasteiger partial charge in [-0.05, 0) is 26.2 Å². The van der Waals surface area contributed by atoms with Crippen LogP contribution in [0.1, 0.15) is 75.3 Å². The highest BCUT2D eigenvalue weighted by Crippen LogP contribution is 2.51. The van der Waals surface area contributed by atoms with E-state index in [0.29, 0.717) is 12.8 Å². The molecule has 2 aromatic rings. The van der Waals surface area contributed by atoms with Gasteiger partial charge in [0.1, 0.15) is 11.5 Å². The number of ether oxygens (including phenoxy) is 2. The van der Waals surface area contributed by atoms with Crippen LogP contribution in [0.3, 0.4) is 0 Å². The maximum absolute atomic E-state index is 13.4. The zero-order valence-corrected chi connectivity index (χ0v) is 22.3. The Kier molecular flexibility index (Phi) is 8.82. The van der Waals surface area contributed by atoms with E-state index in [9.17, 15) is 30.0 Å². The third-order valence-corrected chi connectivity index (χ3v) is 7.61. The predicted octanol–water partition coefficient (Wildman–Crippen LogP) is 1.62. The first-order valence-electron chi connectivity index (χ1n) is 12.0. The van der Waals surface area contributed by atoms with Crippen LogP contribution in [0.5, 0.6) is 11.5 Å². The number of aromatic hydroxyl groups is 2. The first-order valence-corrected chi connectivity index (χ1v) is 12.0. The lowest BCUT2D eigenvalue weighted by Gasteiger charge is -2.44. The van der Waals surface area contributed by atoms with Crippen LogP contribution in [-0.2, 0) is 15.9 Å². The molecule has 2 aliphatic carbocycles. The maximum Gasteiger partial charge on any atom is 0.198 e. The average Bonchev–Trinajstić information content (AvgIpc) is 2.84. The summed E-state index contributed by atoms with van der Waals surface area (Å²) in [5.74, 6) is -2.12. The molecule has 8 N–H and O–H groups in total. The van der Waals surface area contributed by atoms with Crippen molar-refractivity contribution in [2.45, 2.75) is 68.8 Å². The Labute approximate surface area is 231 Å². The van der Waals surface area contributed by atoms with Crippen molar-refractivity contribution in [1.29, 1.82) is 0 Å². The van der Waals surface area contributed by atoms with Gasteiger partial charge in [0.05, 0.1) is 36.0 Å². The van der Waals surface area contributed by atoms with Crippen LogP contribution in [0.25, 0.3) is 0 Å². The van der Waals surface area contributed by atoms with E-state index in [2.05, 4.69) is 0 Å². The van der Waals surface area contributed by atoms with Crippen LogP contribution in [0.15, 0.2) is 24.3 Å². The molecule has 0 saturated carbocycles. The summed E-state index contributed by atoms with van der Waals surface area (Å²) in [5.41, 5.74) is 11.3. The van der Waals surface area contributed by atoms with Crippen LogP contribution in [0.2, 0.25) is 0 Å². The highest BCUT2D eigenvalue weighted by atomic mass is 35.5. The zero-order chi connectivity index (χ0) is 25.9. The topological polar surface area (TPSA) is 186 Å². The molecule has 0 aromatic heterocycles. The lowest BCUT2D eigenvalue weighted by atomic mass is 9.70. The van der Waals surface area contributed by atoms with Gasteiger partial charge >= 0.3 is 0 Å². The lowest BCUT2D eigenvalue weighted by Crippen LogP contribution is -2.55. The standard InChI is InChI=1S/C26H30N2O8.2ClH/c1-11(30)26(28)8-16-19(17(9-26)36-18-7-12(27)6-13(10-29)35-18)25(34)21-20(24(16)33)22(31)14-4-2-3-5-15(14)23(21)32;;/h2-5,11-13,17-18,29-30,33-34H,6-10,27-28H2,1H3;2*1H/t11?,12-,13+,17+,18+,26+;;/m1../s1. The summed E-state index contributed by atoms with van der Waals surface area (Å²) in [4.78, 5) is 26.7. The van der Waals surface area contributed by atoms with Crippen molar-refractivity contribution in [3.63, 3.8) is 0 Å². The van der Waals surface area contributed by atoms with Crippen molar-refractivity contribution in [3.8, 4) is 11.5 Å². The summed E-state index contributed by atoms with van der Waals surface area (Å²) >= 11 is 0. The van der Waals surface area contributed by atoms with Gasteiger partial charge in [-0.15, -0.1) is 24.8 Å². The number of phenolic OH excluding ortho intramolecular Hbond substituents is 2. The van der Waals surface area contributed by atoms with E-state index in [0.717, 1.165) is 0 Å². The number of fused-ring (bicyclic) bond motifs is 3. The first-order chi connectivity index (χ1) is 17.1. The molecule has 1 saturated heterocycles. The SMILES string of the molecule is CC(O)[C@]1(N)Cc2c(O)c3c(c(O)c2[C@@H](O[C@H]2C[C@H](N)C[C@@H](CO)O2)C1)C(=O)c1ccccc1C3=O.Cl.Cl. The highest BCUT2D eigenvalue weighted by molar-refractivity contribution is 6.30. The minimum absolute atomic E-state index is 0. The summed E-state index contributed by atoms with van der Waals surface area (Å²) in [6.45, 7) is 1.26. The Balaban J connectivity index is 0.00000200. The van der Waals surface area contributed by atoms with Crippen molar-refractivity contribution in [1.82, 2.24) is 0 Å². The maximum atomic E-state index is 13.4. The number of carbonyl (C=O) groups excluding carboxylic acids is 2. The number of halogens is 2. The quantitative estimate of drug-likeness (QED) is 0.252. The molecule has 1 heterocycles. The van der Waals surface area contributed by atoms with Crippen LogP contribution < -0.4 is 11.5 Å². The number of nitrogens with two attached hydrogens (primary N) is 2. The van der Waals surface area contributed by atoms with Crippen LogP contribution in [0, 0.1) is 0 Å². The van der Waals surface area contributed by atoms with E-state index in [1.54, 1.807) is 12.1 Å². The molecule has 0 radical (unpaired) electrons. The van der Waals surface area contributed by atoms with E-state index < -0.39 is 53.2 Å². The number of phenols is 2. The molecule has 5 rings (SSSR count).